The number of ether oxygens (including phenoxy) is 3. The fourth-order valence-electron chi connectivity index (χ4n) is 2.39. The molecule has 2 rings (SSSR count). The number of benzene rings is 2. The van der Waals surface area contributed by atoms with E-state index in [0.717, 1.165) is 0 Å². The van der Waals surface area contributed by atoms with Gasteiger partial charge in [0.15, 0.2) is 11.5 Å². The van der Waals surface area contributed by atoms with Crippen molar-refractivity contribution in [2.45, 2.75) is 0 Å². The van der Waals surface area contributed by atoms with Crippen molar-refractivity contribution in [3.8, 4) is 17.2 Å². The molecule has 4 N–H and O–H groups in total. The van der Waals surface area contributed by atoms with Gasteiger partial charge in [0.25, 0.3) is 5.91 Å². The molecule has 8 heteroatoms. The minimum absolute atomic E-state index is 0.0546. The Balaban J connectivity index is 2.10. The molecule has 0 atom stereocenters. The zero-order chi connectivity index (χ0) is 19.1. The summed E-state index contributed by atoms with van der Waals surface area (Å²) in [4.78, 5) is 23.6. The van der Waals surface area contributed by atoms with E-state index < -0.39 is 5.91 Å². The van der Waals surface area contributed by atoms with Crippen LogP contribution in [0.15, 0.2) is 36.4 Å². The van der Waals surface area contributed by atoms with Crippen molar-refractivity contribution in [1.29, 1.82) is 0 Å². The van der Waals surface area contributed by atoms with E-state index in [9.17, 15) is 9.59 Å². The number of amides is 2. The number of rotatable bonds is 8. The molecule has 2 amide bonds. The van der Waals surface area contributed by atoms with Crippen LogP contribution in [0.4, 0.5) is 11.4 Å². The molecular weight excluding hydrogens is 338 g/mol. The Morgan fingerprint density at radius 3 is 2.15 bits per heavy atom. The van der Waals surface area contributed by atoms with Gasteiger partial charge in [-0.15, -0.1) is 0 Å². The third kappa shape index (κ3) is 4.35. The second kappa shape index (κ2) is 8.61. The Kier molecular flexibility index (Phi) is 6.26. The van der Waals surface area contributed by atoms with E-state index in [1.165, 1.54) is 21.3 Å². The van der Waals surface area contributed by atoms with Crippen LogP contribution in [0.5, 0.6) is 17.2 Å². The number of anilines is 2. The quantitative estimate of drug-likeness (QED) is 0.663. The van der Waals surface area contributed by atoms with Crippen molar-refractivity contribution in [3.05, 3.63) is 42.0 Å². The lowest BCUT2D eigenvalue weighted by Crippen LogP contribution is -2.23. The largest absolute Gasteiger partial charge is 0.493 e. The lowest BCUT2D eigenvalue weighted by molar-refractivity contribution is -0.114. The molecule has 0 bridgehead atoms. The number of primary amides is 1. The van der Waals surface area contributed by atoms with Crippen LogP contribution in [0, 0.1) is 0 Å². The number of nitrogens with one attached hydrogen (secondary N) is 2. The van der Waals surface area contributed by atoms with Crippen LogP contribution in [0.3, 0.4) is 0 Å². The van der Waals surface area contributed by atoms with Crippen LogP contribution in [-0.4, -0.2) is 39.7 Å². The van der Waals surface area contributed by atoms with Crippen LogP contribution in [0.2, 0.25) is 0 Å². The van der Waals surface area contributed by atoms with Gasteiger partial charge >= 0.3 is 0 Å². The summed E-state index contributed by atoms with van der Waals surface area (Å²) in [5, 5.41) is 5.62. The molecule has 0 aliphatic heterocycles. The summed E-state index contributed by atoms with van der Waals surface area (Å²) in [6, 6.07) is 9.94. The predicted molar refractivity (Wildman–Crippen MR) is 98.2 cm³/mol. The Hall–Kier alpha value is -3.42. The Labute approximate surface area is 151 Å². The molecule has 2 aromatic carbocycles. The molecule has 8 nitrogen and oxygen atoms in total. The summed E-state index contributed by atoms with van der Waals surface area (Å²) in [6.07, 6.45) is 0. The number of carbonyl (C=O) groups excluding carboxylic acids is 2. The van der Waals surface area contributed by atoms with Crippen molar-refractivity contribution >= 4 is 23.2 Å². The van der Waals surface area contributed by atoms with Crippen molar-refractivity contribution in [2.24, 2.45) is 5.73 Å². The highest BCUT2D eigenvalue weighted by molar-refractivity contribution is 6.00. The monoisotopic (exact) mass is 359 g/mol. The molecule has 0 radical (unpaired) electrons. The number of hydrogen-bond donors (Lipinski definition) is 3. The average molecular weight is 359 g/mol. The topological polar surface area (TPSA) is 112 Å². The Morgan fingerprint density at radius 1 is 1.00 bits per heavy atom. The number of carbonyl (C=O) groups is 2. The summed E-state index contributed by atoms with van der Waals surface area (Å²) in [7, 11) is 4.48. The highest BCUT2D eigenvalue weighted by Crippen LogP contribution is 2.39. The summed E-state index contributed by atoms with van der Waals surface area (Å²) in [5.74, 6) is 0.390. The minimum atomic E-state index is -0.571. The van der Waals surface area contributed by atoms with Crippen LogP contribution < -0.4 is 30.6 Å². The second-order valence-corrected chi connectivity index (χ2v) is 5.23. The highest BCUT2D eigenvalue weighted by Gasteiger charge is 2.15. The van der Waals surface area contributed by atoms with Gasteiger partial charge in [-0.05, 0) is 12.1 Å². The molecule has 0 aromatic heterocycles. The predicted octanol–water partition coefficient (Wildman–Crippen LogP) is 1.86. The van der Waals surface area contributed by atoms with Gasteiger partial charge in [-0.25, -0.2) is 0 Å². The molecule has 0 heterocycles. The van der Waals surface area contributed by atoms with E-state index >= 15 is 0 Å². The summed E-state index contributed by atoms with van der Waals surface area (Å²) in [6.45, 7) is -0.0546. The van der Waals surface area contributed by atoms with Gasteiger partial charge in [-0.2, -0.15) is 0 Å². The van der Waals surface area contributed by atoms with Gasteiger partial charge in [-0.1, -0.05) is 12.1 Å². The first-order valence-electron chi connectivity index (χ1n) is 7.72. The molecular formula is C18H21N3O5. The minimum Gasteiger partial charge on any atom is -0.493 e. The molecule has 0 saturated carbocycles. The summed E-state index contributed by atoms with van der Waals surface area (Å²) in [5.41, 5.74) is 6.60. The molecule has 2 aromatic rings. The third-order valence-corrected chi connectivity index (χ3v) is 3.58. The second-order valence-electron chi connectivity index (χ2n) is 5.23. The SMILES string of the molecule is COc1cc(NC(=O)CNc2ccccc2C(N)=O)cc(OC)c1OC. The van der Waals surface area contributed by atoms with Crippen molar-refractivity contribution in [2.75, 3.05) is 38.5 Å². The van der Waals surface area contributed by atoms with Gasteiger partial charge in [0.1, 0.15) is 0 Å². The van der Waals surface area contributed by atoms with Crippen LogP contribution in [-0.2, 0) is 4.79 Å². The van der Waals surface area contributed by atoms with Gasteiger partial charge in [0.2, 0.25) is 11.7 Å². The van der Waals surface area contributed by atoms with Gasteiger partial charge in [0.05, 0.1) is 33.4 Å². The van der Waals surface area contributed by atoms with Gasteiger partial charge in [0, 0.05) is 23.5 Å². The molecule has 0 aliphatic rings. The first kappa shape index (κ1) is 18.9. The highest BCUT2D eigenvalue weighted by atomic mass is 16.5. The van der Waals surface area contributed by atoms with Crippen molar-refractivity contribution in [3.63, 3.8) is 0 Å². The number of para-hydroxylation sites is 1. The number of nitrogens with two attached hydrogens (primary N) is 1. The normalized spacial score (nSPS) is 9.96. The fraction of sp³-hybridized carbons (Fsp3) is 0.222. The summed E-state index contributed by atoms with van der Waals surface area (Å²) < 4.78 is 15.7. The van der Waals surface area contributed by atoms with Crippen LogP contribution in [0.1, 0.15) is 10.4 Å². The van der Waals surface area contributed by atoms with E-state index in [4.69, 9.17) is 19.9 Å². The Morgan fingerprint density at radius 2 is 1.62 bits per heavy atom. The van der Waals surface area contributed by atoms with Gasteiger partial charge in [-0.3, -0.25) is 9.59 Å². The van der Waals surface area contributed by atoms with Crippen LogP contribution >= 0.6 is 0 Å². The Bertz CT molecular complexity index is 782. The molecule has 0 spiro atoms. The molecule has 0 fully saturated rings. The van der Waals surface area contributed by atoms with Crippen LogP contribution in [0.25, 0.3) is 0 Å². The average Bonchev–Trinajstić information content (AvgIpc) is 2.65. The first-order chi connectivity index (χ1) is 12.5. The molecule has 0 unspecified atom stereocenters. The lowest BCUT2D eigenvalue weighted by atomic mass is 10.1. The van der Waals surface area contributed by atoms with Crippen molar-refractivity contribution < 1.29 is 23.8 Å². The van der Waals surface area contributed by atoms with E-state index in [1.54, 1.807) is 36.4 Å². The zero-order valence-electron chi connectivity index (χ0n) is 14.8. The van der Waals surface area contributed by atoms with E-state index in [-0.39, 0.29) is 12.5 Å². The van der Waals surface area contributed by atoms with Crippen molar-refractivity contribution in [1.82, 2.24) is 0 Å². The maximum Gasteiger partial charge on any atom is 0.250 e. The molecule has 0 saturated heterocycles. The number of methoxy groups -OCH3 is 3. The maximum absolute atomic E-state index is 12.2. The first-order valence-corrected chi connectivity index (χ1v) is 7.72. The van der Waals surface area contributed by atoms with Gasteiger partial charge < -0.3 is 30.6 Å². The molecule has 0 aliphatic carbocycles. The molecule has 138 valence electrons. The lowest BCUT2D eigenvalue weighted by Gasteiger charge is -2.15. The third-order valence-electron chi connectivity index (χ3n) is 3.58. The van der Waals surface area contributed by atoms with E-state index in [2.05, 4.69) is 10.6 Å². The number of hydrogen-bond acceptors (Lipinski definition) is 6. The van der Waals surface area contributed by atoms with E-state index in [1.807, 2.05) is 0 Å². The molecule has 26 heavy (non-hydrogen) atoms. The summed E-state index contributed by atoms with van der Waals surface area (Å²) >= 11 is 0. The fourth-order valence-corrected chi connectivity index (χ4v) is 2.39. The standard InChI is InChI=1S/C18H21N3O5/c1-24-14-8-11(9-15(25-2)17(14)26-3)21-16(22)10-20-13-7-5-4-6-12(13)18(19)23/h4-9,20H,10H2,1-3H3,(H2,19,23)(H,21,22). The van der Waals surface area contributed by atoms with E-state index in [0.29, 0.717) is 34.2 Å². The maximum atomic E-state index is 12.2. The smallest absolute Gasteiger partial charge is 0.250 e. The zero-order valence-corrected chi connectivity index (χ0v) is 14.8.